The molecule has 0 saturated heterocycles. The lowest BCUT2D eigenvalue weighted by Crippen LogP contribution is -2.32. The summed E-state index contributed by atoms with van der Waals surface area (Å²) in [6.45, 7) is 10.1. The predicted octanol–water partition coefficient (Wildman–Crippen LogP) is 4.18. The van der Waals surface area contributed by atoms with E-state index in [-0.39, 0.29) is 11.9 Å². The number of nitrogens with zero attached hydrogens (tertiary/aromatic N) is 2. The normalized spacial score (nSPS) is 11.9. The average Bonchev–Trinajstić information content (AvgIpc) is 2.61. The summed E-state index contributed by atoms with van der Waals surface area (Å²) >= 11 is 0. The fourth-order valence-corrected chi connectivity index (χ4v) is 2.66. The van der Waals surface area contributed by atoms with Gasteiger partial charge in [-0.2, -0.15) is 0 Å². The first-order chi connectivity index (χ1) is 12.0. The Hall–Kier alpha value is -2.43. The summed E-state index contributed by atoms with van der Waals surface area (Å²) < 4.78 is 0. The van der Waals surface area contributed by atoms with Gasteiger partial charge in [-0.05, 0) is 50.3 Å². The molecule has 1 aromatic carbocycles. The lowest BCUT2D eigenvalue weighted by molar-refractivity contribution is 0.0934. The third-order valence-electron chi connectivity index (χ3n) is 4.31. The topological polar surface area (TPSA) is 66.9 Å². The fraction of sp³-hybridized carbons (Fsp3) is 0.450. The number of benzene rings is 1. The molecule has 2 N–H and O–H groups in total. The number of hydrogen-bond acceptors (Lipinski definition) is 4. The van der Waals surface area contributed by atoms with E-state index in [0.29, 0.717) is 11.6 Å². The zero-order valence-electron chi connectivity index (χ0n) is 15.8. The van der Waals surface area contributed by atoms with Crippen LogP contribution in [0.3, 0.4) is 0 Å². The molecular weight excluding hydrogens is 312 g/mol. The van der Waals surface area contributed by atoms with E-state index in [9.17, 15) is 4.79 Å². The van der Waals surface area contributed by atoms with E-state index < -0.39 is 0 Å². The van der Waals surface area contributed by atoms with Crippen molar-refractivity contribution in [2.24, 2.45) is 0 Å². The minimum atomic E-state index is -0.164. The van der Waals surface area contributed by atoms with Gasteiger partial charge in [0.2, 0.25) is 5.95 Å². The van der Waals surface area contributed by atoms with Gasteiger partial charge in [-0.3, -0.25) is 4.79 Å². The van der Waals surface area contributed by atoms with Crippen LogP contribution in [0.15, 0.2) is 24.3 Å². The van der Waals surface area contributed by atoms with E-state index >= 15 is 0 Å². The quantitative estimate of drug-likeness (QED) is 0.793. The van der Waals surface area contributed by atoms with Crippen molar-refractivity contribution in [2.75, 3.05) is 5.32 Å². The minimum Gasteiger partial charge on any atom is -0.348 e. The van der Waals surface area contributed by atoms with Crippen molar-refractivity contribution in [1.82, 2.24) is 15.3 Å². The van der Waals surface area contributed by atoms with Crippen LogP contribution >= 0.6 is 0 Å². The summed E-state index contributed by atoms with van der Waals surface area (Å²) in [6, 6.07) is 8.12. The zero-order valence-corrected chi connectivity index (χ0v) is 15.8. The van der Waals surface area contributed by atoms with Crippen LogP contribution in [0.1, 0.15) is 61.4 Å². The molecule has 0 spiro atoms. The van der Waals surface area contributed by atoms with Gasteiger partial charge in [0, 0.05) is 17.4 Å². The molecular formula is C20H28N4O. The number of rotatable bonds is 7. The monoisotopic (exact) mass is 340 g/mol. The Morgan fingerprint density at radius 3 is 2.32 bits per heavy atom. The van der Waals surface area contributed by atoms with Gasteiger partial charge in [0.25, 0.3) is 5.91 Å². The summed E-state index contributed by atoms with van der Waals surface area (Å²) in [5, 5.41) is 6.30. The van der Waals surface area contributed by atoms with Gasteiger partial charge in [-0.15, -0.1) is 0 Å². The van der Waals surface area contributed by atoms with Crippen LogP contribution in [0.25, 0.3) is 0 Å². The fourth-order valence-electron chi connectivity index (χ4n) is 2.66. The lowest BCUT2D eigenvalue weighted by atomic mass is 10.0. The van der Waals surface area contributed by atoms with E-state index in [0.717, 1.165) is 30.6 Å². The number of amides is 1. The smallest absolute Gasteiger partial charge is 0.270 e. The van der Waals surface area contributed by atoms with E-state index in [1.807, 2.05) is 20.8 Å². The molecule has 1 heterocycles. The molecule has 134 valence electrons. The Kier molecular flexibility index (Phi) is 6.51. The molecule has 1 amide bonds. The van der Waals surface area contributed by atoms with E-state index in [4.69, 9.17) is 0 Å². The van der Waals surface area contributed by atoms with E-state index in [1.54, 1.807) is 6.07 Å². The molecule has 5 nitrogen and oxygen atoms in total. The van der Waals surface area contributed by atoms with Crippen LogP contribution in [0.5, 0.6) is 0 Å². The molecule has 0 bridgehead atoms. The molecule has 0 aliphatic heterocycles. The highest BCUT2D eigenvalue weighted by Gasteiger charge is 2.14. The van der Waals surface area contributed by atoms with Gasteiger partial charge in [0.15, 0.2) is 0 Å². The Balaban J connectivity index is 2.34. The van der Waals surface area contributed by atoms with E-state index in [2.05, 4.69) is 52.6 Å². The summed E-state index contributed by atoms with van der Waals surface area (Å²) in [5.74, 6) is 0.298. The van der Waals surface area contributed by atoms with Crippen LogP contribution in [0, 0.1) is 6.92 Å². The molecule has 0 saturated carbocycles. The first kappa shape index (κ1) is 18.9. The Morgan fingerprint density at radius 2 is 1.76 bits per heavy atom. The summed E-state index contributed by atoms with van der Waals surface area (Å²) in [6.07, 6.45) is 2.72. The van der Waals surface area contributed by atoms with Gasteiger partial charge in [-0.25, -0.2) is 9.97 Å². The maximum absolute atomic E-state index is 12.4. The second kappa shape index (κ2) is 8.60. The summed E-state index contributed by atoms with van der Waals surface area (Å²) in [5.41, 5.74) is 4.64. The van der Waals surface area contributed by atoms with Gasteiger partial charge in [0.1, 0.15) is 5.69 Å². The highest BCUT2D eigenvalue weighted by atomic mass is 16.1. The molecule has 1 atom stereocenters. The van der Waals surface area contributed by atoms with Crippen molar-refractivity contribution in [3.05, 3.63) is 46.8 Å². The van der Waals surface area contributed by atoms with Crippen LogP contribution < -0.4 is 10.6 Å². The molecule has 5 heteroatoms. The van der Waals surface area contributed by atoms with Gasteiger partial charge in [-0.1, -0.05) is 39.0 Å². The number of anilines is 2. The molecule has 1 aromatic heterocycles. The number of carbonyl (C=O) groups excluding carboxylic acids is 1. The highest BCUT2D eigenvalue weighted by molar-refractivity contribution is 5.92. The molecule has 0 aliphatic carbocycles. The van der Waals surface area contributed by atoms with Crippen molar-refractivity contribution in [1.29, 1.82) is 0 Å². The van der Waals surface area contributed by atoms with Crippen LogP contribution in [-0.4, -0.2) is 21.9 Å². The zero-order chi connectivity index (χ0) is 18.4. The van der Waals surface area contributed by atoms with E-state index in [1.165, 1.54) is 11.1 Å². The number of aromatic nitrogens is 2. The van der Waals surface area contributed by atoms with Crippen molar-refractivity contribution in [3.8, 4) is 0 Å². The van der Waals surface area contributed by atoms with Crippen molar-refractivity contribution >= 4 is 17.5 Å². The molecule has 1 unspecified atom stereocenters. The Morgan fingerprint density at radius 1 is 1.12 bits per heavy atom. The number of hydrogen-bond donors (Lipinski definition) is 2. The third kappa shape index (κ3) is 4.78. The number of aryl methyl sites for hydroxylation is 3. The molecule has 0 fully saturated rings. The summed E-state index contributed by atoms with van der Waals surface area (Å²) in [4.78, 5) is 21.3. The lowest BCUT2D eigenvalue weighted by Gasteiger charge is -2.16. The van der Waals surface area contributed by atoms with Crippen molar-refractivity contribution in [2.45, 2.75) is 59.9 Å². The maximum atomic E-state index is 12.4. The molecule has 2 aromatic rings. The standard InChI is InChI=1S/C20H28N4O/c1-6-13(4)21-19(25)17-12-14(5)22-20(23-17)24-18-15(7-2)10-9-11-16(18)8-3/h9-13H,6-8H2,1-5H3,(H,21,25)(H,22,23,24). The van der Waals surface area contributed by atoms with Crippen LogP contribution in [0.4, 0.5) is 11.6 Å². The highest BCUT2D eigenvalue weighted by Crippen LogP contribution is 2.25. The third-order valence-corrected chi connectivity index (χ3v) is 4.31. The molecule has 0 radical (unpaired) electrons. The van der Waals surface area contributed by atoms with Crippen molar-refractivity contribution in [3.63, 3.8) is 0 Å². The Bertz CT molecular complexity index is 720. The van der Waals surface area contributed by atoms with Gasteiger partial charge in [0.05, 0.1) is 0 Å². The van der Waals surface area contributed by atoms with Gasteiger partial charge < -0.3 is 10.6 Å². The van der Waals surface area contributed by atoms with Gasteiger partial charge >= 0.3 is 0 Å². The molecule has 0 aliphatic rings. The predicted molar refractivity (Wildman–Crippen MR) is 102 cm³/mol. The van der Waals surface area contributed by atoms with Crippen molar-refractivity contribution < 1.29 is 4.79 Å². The first-order valence-corrected chi connectivity index (χ1v) is 9.02. The summed E-state index contributed by atoms with van der Waals surface area (Å²) in [7, 11) is 0. The molecule has 25 heavy (non-hydrogen) atoms. The van der Waals surface area contributed by atoms with Crippen LogP contribution in [-0.2, 0) is 12.8 Å². The number of nitrogens with one attached hydrogen (secondary N) is 2. The second-order valence-corrected chi connectivity index (χ2v) is 6.28. The first-order valence-electron chi connectivity index (χ1n) is 9.02. The number of carbonyl (C=O) groups is 1. The Labute approximate surface area is 150 Å². The maximum Gasteiger partial charge on any atom is 0.270 e. The van der Waals surface area contributed by atoms with Crippen LogP contribution in [0.2, 0.25) is 0 Å². The minimum absolute atomic E-state index is 0.117. The SMILES string of the molecule is CCc1cccc(CC)c1Nc1nc(C)cc(C(=O)NC(C)CC)n1. The largest absolute Gasteiger partial charge is 0.348 e. The second-order valence-electron chi connectivity index (χ2n) is 6.28. The average molecular weight is 340 g/mol. The number of para-hydroxylation sites is 1. The molecule has 2 rings (SSSR count).